The van der Waals surface area contributed by atoms with Crippen LogP contribution >= 0.6 is 0 Å². The summed E-state index contributed by atoms with van der Waals surface area (Å²) in [4.78, 5) is 0. The Bertz CT molecular complexity index is 4160. The Hall–Kier alpha value is -8.72. The topological polar surface area (TPSA) is 18.1 Å². The molecule has 2 aromatic heterocycles. The molecule has 2 heteroatoms. The molecule has 306 valence electrons. The van der Waals surface area contributed by atoms with E-state index < -0.39 is 0 Å². The SMILES string of the molecule is c1ccc(-c2c3ccccc3c(-c3ccc4oc5cc(-c6c7ccccc7c(-c7ccc8c(c7)c7ccccc7n8-c7ccccc7)c7ccccc67)ccc5c4c3)c3ccccc23)cc1. The summed E-state index contributed by atoms with van der Waals surface area (Å²) in [5, 5.41) is 14.6. The zero-order valence-corrected chi connectivity index (χ0v) is 35.9. The van der Waals surface area contributed by atoms with Gasteiger partial charge < -0.3 is 8.98 Å². The number of nitrogens with zero attached hydrogens (tertiary/aromatic N) is 1. The second-order valence-corrected chi connectivity index (χ2v) is 17.5. The molecular formula is C64H39NO. The highest BCUT2D eigenvalue weighted by atomic mass is 16.3. The quantitative estimate of drug-likeness (QED) is 0.158. The molecule has 0 fully saturated rings. The van der Waals surface area contributed by atoms with E-state index in [-0.39, 0.29) is 0 Å². The zero-order chi connectivity index (χ0) is 43.3. The summed E-state index contributed by atoms with van der Waals surface area (Å²) < 4.78 is 9.17. The van der Waals surface area contributed by atoms with Crippen LogP contribution < -0.4 is 0 Å². The highest BCUT2D eigenvalue weighted by Gasteiger charge is 2.21. The van der Waals surface area contributed by atoms with Crippen LogP contribution in [0.1, 0.15) is 0 Å². The number of hydrogen-bond donors (Lipinski definition) is 0. The number of furan rings is 1. The fourth-order valence-electron chi connectivity index (χ4n) is 11.2. The van der Waals surface area contributed by atoms with Gasteiger partial charge in [0.05, 0.1) is 11.0 Å². The summed E-state index contributed by atoms with van der Waals surface area (Å²) in [5.74, 6) is 0. The average Bonchev–Trinajstić information content (AvgIpc) is 3.92. The van der Waals surface area contributed by atoms with E-state index in [1.165, 1.54) is 104 Å². The van der Waals surface area contributed by atoms with Crippen molar-refractivity contribution in [1.82, 2.24) is 4.57 Å². The van der Waals surface area contributed by atoms with Gasteiger partial charge in [-0.25, -0.2) is 0 Å². The number of aromatic nitrogens is 1. The lowest BCUT2D eigenvalue weighted by Gasteiger charge is -2.18. The van der Waals surface area contributed by atoms with Gasteiger partial charge >= 0.3 is 0 Å². The van der Waals surface area contributed by atoms with Crippen LogP contribution in [-0.2, 0) is 0 Å². The maximum Gasteiger partial charge on any atom is 0.136 e. The van der Waals surface area contributed by atoms with Gasteiger partial charge in [-0.3, -0.25) is 0 Å². The van der Waals surface area contributed by atoms with Gasteiger partial charge in [0, 0.05) is 27.2 Å². The van der Waals surface area contributed by atoms with Gasteiger partial charge in [-0.05, 0) is 142 Å². The molecule has 0 aliphatic heterocycles. The normalized spacial score (nSPS) is 11.9. The van der Waals surface area contributed by atoms with E-state index in [1.807, 2.05) is 0 Å². The maximum absolute atomic E-state index is 6.78. The molecule has 66 heavy (non-hydrogen) atoms. The van der Waals surface area contributed by atoms with Crippen molar-refractivity contribution in [1.29, 1.82) is 0 Å². The van der Waals surface area contributed by atoms with E-state index in [1.54, 1.807) is 0 Å². The molecule has 2 heterocycles. The fraction of sp³-hybridized carbons (Fsp3) is 0. The van der Waals surface area contributed by atoms with Crippen LogP contribution in [-0.4, -0.2) is 4.57 Å². The van der Waals surface area contributed by atoms with E-state index in [9.17, 15) is 0 Å². The van der Waals surface area contributed by atoms with E-state index in [0.29, 0.717) is 0 Å². The summed E-state index contributed by atoms with van der Waals surface area (Å²) in [6.45, 7) is 0. The second-order valence-electron chi connectivity index (χ2n) is 17.5. The molecule has 0 amide bonds. The largest absolute Gasteiger partial charge is 0.456 e. The van der Waals surface area contributed by atoms with E-state index in [2.05, 4.69) is 241 Å². The van der Waals surface area contributed by atoms with Gasteiger partial charge in [0.15, 0.2) is 0 Å². The summed E-state index contributed by atoms with van der Waals surface area (Å²) in [7, 11) is 0. The standard InChI is InChI=1S/C64H39NO/c1-3-17-40(18-4-1)61-47-22-7-9-24-49(47)63(50-25-10-8-23-48(50)61)42-33-36-59-56(38-42)46-34-31-43(39-60(46)66-59)64-53-28-13-11-26-51(53)62(52-27-12-14-29-54(52)64)41-32-35-58-55(37-41)45-21-15-16-30-57(45)65(58)44-19-5-2-6-20-44/h1-39H. The third kappa shape index (κ3) is 5.42. The van der Waals surface area contributed by atoms with Crippen LogP contribution in [0.4, 0.5) is 0 Å². The van der Waals surface area contributed by atoms with Gasteiger partial charge in [0.25, 0.3) is 0 Å². The van der Waals surface area contributed by atoms with Crippen molar-refractivity contribution >= 4 is 86.8 Å². The van der Waals surface area contributed by atoms with Crippen molar-refractivity contribution in [3.63, 3.8) is 0 Å². The molecule has 0 saturated carbocycles. The first kappa shape index (κ1) is 36.7. The van der Waals surface area contributed by atoms with Gasteiger partial charge in [-0.15, -0.1) is 0 Å². The Labute approximate surface area is 380 Å². The Morgan fingerprint density at radius 3 is 1.17 bits per heavy atom. The third-order valence-corrected chi connectivity index (χ3v) is 13.9. The summed E-state index contributed by atoms with van der Waals surface area (Å²) in [6, 6.07) is 86.4. The fourth-order valence-corrected chi connectivity index (χ4v) is 11.2. The molecule has 0 N–H and O–H groups in total. The summed E-state index contributed by atoms with van der Waals surface area (Å²) in [6.07, 6.45) is 0. The van der Waals surface area contributed by atoms with Gasteiger partial charge in [0.1, 0.15) is 11.2 Å². The van der Waals surface area contributed by atoms with Gasteiger partial charge in [-0.2, -0.15) is 0 Å². The van der Waals surface area contributed by atoms with Crippen molar-refractivity contribution < 1.29 is 4.42 Å². The average molecular weight is 838 g/mol. The number of fused-ring (bicyclic) bond motifs is 10. The minimum atomic E-state index is 0.881. The zero-order valence-electron chi connectivity index (χ0n) is 35.9. The molecular weight excluding hydrogens is 799 g/mol. The molecule has 12 aromatic carbocycles. The second kappa shape index (κ2) is 14.4. The summed E-state index contributed by atoms with van der Waals surface area (Å²) in [5.41, 5.74) is 15.1. The molecule has 0 aliphatic rings. The smallest absolute Gasteiger partial charge is 0.136 e. The predicted octanol–water partition coefficient (Wildman–Crippen LogP) is 18.0. The van der Waals surface area contributed by atoms with Crippen LogP contribution in [0.15, 0.2) is 241 Å². The molecule has 2 nitrogen and oxygen atoms in total. The number of para-hydroxylation sites is 2. The Morgan fingerprint density at radius 2 is 0.621 bits per heavy atom. The molecule has 0 saturated heterocycles. The lowest BCUT2D eigenvalue weighted by molar-refractivity contribution is 0.669. The lowest BCUT2D eigenvalue weighted by atomic mass is 9.85. The monoisotopic (exact) mass is 837 g/mol. The number of hydrogen-bond acceptors (Lipinski definition) is 1. The molecule has 0 spiro atoms. The first-order chi connectivity index (χ1) is 32.8. The molecule has 0 atom stereocenters. The van der Waals surface area contributed by atoms with E-state index in [0.717, 1.165) is 33.2 Å². The van der Waals surface area contributed by atoms with Crippen LogP contribution in [0.25, 0.3) is 137 Å². The minimum Gasteiger partial charge on any atom is -0.456 e. The maximum atomic E-state index is 6.78. The van der Waals surface area contributed by atoms with Crippen LogP contribution in [0.3, 0.4) is 0 Å². The number of rotatable bonds is 5. The Kier molecular flexibility index (Phi) is 8.02. The first-order valence-corrected chi connectivity index (χ1v) is 22.8. The Balaban J connectivity index is 0.943. The highest BCUT2D eigenvalue weighted by molar-refractivity contribution is 6.24. The van der Waals surface area contributed by atoms with Crippen molar-refractivity contribution in [3.8, 4) is 50.2 Å². The predicted molar refractivity (Wildman–Crippen MR) is 280 cm³/mol. The van der Waals surface area contributed by atoms with Crippen LogP contribution in [0.2, 0.25) is 0 Å². The highest BCUT2D eigenvalue weighted by Crippen LogP contribution is 2.48. The lowest BCUT2D eigenvalue weighted by Crippen LogP contribution is -1.93. The number of benzene rings is 12. The molecule has 0 aliphatic carbocycles. The van der Waals surface area contributed by atoms with Crippen molar-refractivity contribution in [2.24, 2.45) is 0 Å². The van der Waals surface area contributed by atoms with Crippen molar-refractivity contribution in [2.45, 2.75) is 0 Å². The molecule has 14 aromatic rings. The van der Waals surface area contributed by atoms with Crippen LogP contribution in [0.5, 0.6) is 0 Å². The van der Waals surface area contributed by atoms with Crippen LogP contribution in [0, 0.1) is 0 Å². The van der Waals surface area contributed by atoms with Crippen molar-refractivity contribution in [3.05, 3.63) is 237 Å². The minimum absolute atomic E-state index is 0.881. The Morgan fingerprint density at radius 1 is 0.227 bits per heavy atom. The van der Waals surface area contributed by atoms with E-state index >= 15 is 0 Å². The molecule has 0 unspecified atom stereocenters. The molecule has 14 rings (SSSR count). The van der Waals surface area contributed by atoms with E-state index in [4.69, 9.17) is 4.42 Å². The van der Waals surface area contributed by atoms with Gasteiger partial charge in [-0.1, -0.05) is 182 Å². The van der Waals surface area contributed by atoms with Crippen molar-refractivity contribution in [2.75, 3.05) is 0 Å². The molecule has 0 radical (unpaired) electrons. The van der Waals surface area contributed by atoms with Gasteiger partial charge in [0.2, 0.25) is 0 Å². The summed E-state index contributed by atoms with van der Waals surface area (Å²) >= 11 is 0. The third-order valence-electron chi connectivity index (χ3n) is 13.9. The first-order valence-electron chi connectivity index (χ1n) is 22.8. The molecule has 0 bridgehead atoms.